The van der Waals surface area contributed by atoms with Gasteiger partial charge in [0.25, 0.3) is 0 Å². The number of carbonyl (C=O) groups excluding carboxylic acids is 1. The molecule has 1 N–H and O–H groups in total. The lowest BCUT2D eigenvalue weighted by Crippen LogP contribution is -2.40. The average molecular weight is 328 g/mol. The Labute approximate surface area is 139 Å². The van der Waals surface area contributed by atoms with E-state index in [-0.39, 0.29) is 29.1 Å². The molecule has 0 bridgehead atoms. The van der Waals surface area contributed by atoms with Gasteiger partial charge in [-0.1, -0.05) is 19.8 Å². The van der Waals surface area contributed by atoms with Crippen molar-refractivity contribution < 1.29 is 19.1 Å². The lowest BCUT2D eigenvalue weighted by Gasteiger charge is -2.35. The SMILES string of the molecule is CCCc1cc(=O)oc2c3c(cc(O)c12)OC1CCCCC1C3=O. The molecule has 2 aliphatic rings. The third kappa shape index (κ3) is 2.22. The highest BCUT2D eigenvalue weighted by atomic mass is 16.5. The van der Waals surface area contributed by atoms with Crippen LogP contribution in [0, 0.1) is 5.92 Å². The van der Waals surface area contributed by atoms with Gasteiger partial charge in [-0.05, 0) is 31.2 Å². The Kier molecular flexibility index (Phi) is 3.59. The number of aromatic hydroxyl groups is 1. The Bertz CT molecular complexity index is 879. The third-order valence-corrected chi connectivity index (χ3v) is 5.12. The van der Waals surface area contributed by atoms with Gasteiger partial charge in [0, 0.05) is 12.1 Å². The highest BCUT2D eigenvalue weighted by Crippen LogP contribution is 2.44. The summed E-state index contributed by atoms with van der Waals surface area (Å²) in [6.45, 7) is 2.00. The number of Topliss-reactive ketones (excluding diaryl/α,β-unsaturated/α-hetero) is 1. The van der Waals surface area contributed by atoms with Gasteiger partial charge in [-0.25, -0.2) is 4.79 Å². The fourth-order valence-corrected chi connectivity index (χ4v) is 4.06. The molecular formula is C19H20O5. The van der Waals surface area contributed by atoms with Crippen LogP contribution in [0.25, 0.3) is 11.0 Å². The predicted molar refractivity (Wildman–Crippen MR) is 88.8 cm³/mol. The minimum Gasteiger partial charge on any atom is -0.507 e. The van der Waals surface area contributed by atoms with Gasteiger partial charge < -0.3 is 14.3 Å². The van der Waals surface area contributed by atoms with Crippen LogP contribution in [-0.2, 0) is 6.42 Å². The second-order valence-corrected chi connectivity index (χ2v) is 6.73. The largest absolute Gasteiger partial charge is 0.507 e. The zero-order chi connectivity index (χ0) is 16.8. The maximum absolute atomic E-state index is 13.0. The number of phenols is 1. The summed E-state index contributed by atoms with van der Waals surface area (Å²) in [7, 11) is 0. The van der Waals surface area contributed by atoms with Crippen molar-refractivity contribution in [2.75, 3.05) is 0 Å². The maximum Gasteiger partial charge on any atom is 0.336 e. The van der Waals surface area contributed by atoms with E-state index in [4.69, 9.17) is 9.15 Å². The van der Waals surface area contributed by atoms with Crippen molar-refractivity contribution in [2.45, 2.75) is 51.6 Å². The van der Waals surface area contributed by atoms with Crippen LogP contribution < -0.4 is 10.4 Å². The van der Waals surface area contributed by atoms with Gasteiger partial charge in [-0.2, -0.15) is 0 Å². The van der Waals surface area contributed by atoms with Gasteiger partial charge in [0.05, 0.1) is 11.3 Å². The van der Waals surface area contributed by atoms with Crippen molar-refractivity contribution in [2.24, 2.45) is 5.92 Å². The van der Waals surface area contributed by atoms with E-state index in [2.05, 4.69) is 0 Å². The molecule has 0 radical (unpaired) electrons. The molecule has 1 aliphatic heterocycles. The summed E-state index contributed by atoms with van der Waals surface area (Å²) in [6.07, 6.45) is 5.01. The molecule has 24 heavy (non-hydrogen) atoms. The first-order valence-corrected chi connectivity index (χ1v) is 8.63. The second kappa shape index (κ2) is 5.65. The number of ketones is 1. The summed E-state index contributed by atoms with van der Waals surface area (Å²) < 4.78 is 11.4. The van der Waals surface area contributed by atoms with E-state index in [1.54, 1.807) is 0 Å². The third-order valence-electron chi connectivity index (χ3n) is 5.12. The van der Waals surface area contributed by atoms with Crippen molar-refractivity contribution in [3.8, 4) is 11.5 Å². The molecule has 2 atom stereocenters. The Balaban J connectivity index is 2.00. The molecule has 2 aromatic rings. The molecule has 0 amide bonds. The van der Waals surface area contributed by atoms with Gasteiger partial charge in [0.2, 0.25) is 0 Å². The number of rotatable bonds is 2. The number of phenolic OH excluding ortho intramolecular Hbond substituents is 1. The number of benzene rings is 1. The van der Waals surface area contributed by atoms with Gasteiger partial charge in [-0.15, -0.1) is 0 Å². The minimum absolute atomic E-state index is 0.00184. The first kappa shape index (κ1) is 15.2. The molecule has 5 nitrogen and oxygen atoms in total. The fourth-order valence-electron chi connectivity index (χ4n) is 4.06. The van der Waals surface area contributed by atoms with Crippen molar-refractivity contribution in [3.05, 3.63) is 33.7 Å². The van der Waals surface area contributed by atoms with E-state index in [9.17, 15) is 14.7 Å². The Hall–Kier alpha value is -2.30. The van der Waals surface area contributed by atoms with Crippen LogP contribution in [0.5, 0.6) is 11.5 Å². The van der Waals surface area contributed by atoms with Gasteiger partial charge in [0.1, 0.15) is 23.2 Å². The molecule has 4 rings (SSSR count). The summed E-state index contributed by atoms with van der Waals surface area (Å²) in [5.74, 6) is 0.129. The van der Waals surface area contributed by atoms with E-state index < -0.39 is 5.63 Å². The predicted octanol–water partition coefficient (Wildman–Crippen LogP) is 3.59. The number of ether oxygens (including phenoxy) is 1. The maximum atomic E-state index is 13.0. The topological polar surface area (TPSA) is 76.7 Å². The monoisotopic (exact) mass is 328 g/mol. The van der Waals surface area contributed by atoms with E-state index >= 15 is 0 Å². The Morgan fingerprint density at radius 1 is 1.21 bits per heavy atom. The number of aryl methyl sites for hydroxylation is 1. The molecule has 0 spiro atoms. The average Bonchev–Trinajstić information content (AvgIpc) is 2.54. The molecule has 126 valence electrons. The summed E-state index contributed by atoms with van der Waals surface area (Å²) >= 11 is 0. The van der Waals surface area contributed by atoms with Crippen molar-refractivity contribution in [3.63, 3.8) is 0 Å². The molecule has 2 heterocycles. The minimum atomic E-state index is -0.502. The molecule has 2 unspecified atom stereocenters. The zero-order valence-corrected chi connectivity index (χ0v) is 13.6. The first-order valence-electron chi connectivity index (χ1n) is 8.63. The number of fused-ring (bicyclic) bond motifs is 4. The molecule has 1 aliphatic carbocycles. The molecule has 1 fully saturated rings. The lowest BCUT2D eigenvalue weighted by molar-refractivity contribution is 0.0525. The van der Waals surface area contributed by atoms with Crippen LogP contribution in [-0.4, -0.2) is 17.0 Å². The van der Waals surface area contributed by atoms with E-state index in [1.807, 2.05) is 6.92 Å². The van der Waals surface area contributed by atoms with Gasteiger partial charge in [0.15, 0.2) is 11.4 Å². The molecular weight excluding hydrogens is 308 g/mol. The summed E-state index contributed by atoms with van der Waals surface area (Å²) in [5.41, 5.74) is 0.705. The number of hydrogen-bond donors (Lipinski definition) is 1. The quantitative estimate of drug-likeness (QED) is 0.853. The second-order valence-electron chi connectivity index (χ2n) is 6.73. The molecule has 5 heteroatoms. The standard InChI is InChI=1S/C19H20O5/c1-2-5-10-8-15(21)24-19-16(10)12(20)9-14-17(19)18(22)11-6-3-4-7-13(11)23-14/h8-9,11,13,20H,2-7H2,1H3. The fraction of sp³-hybridized carbons (Fsp3) is 0.474. The summed E-state index contributed by atoms with van der Waals surface area (Å²) in [5, 5.41) is 10.9. The summed E-state index contributed by atoms with van der Waals surface area (Å²) in [4.78, 5) is 25.0. The highest BCUT2D eigenvalue weighted by Gasteiger charge is 2.41. The van der Waals surface area contributed by atoms with Gasteiger partial charge >= 0.3 is 5.63 Å². The summed E-state index contributed by atoms with van der Waals surface area (Å²) in [6, 6.07) is 2.90. The van der Waals surface area contributed by atoms with Crippen molar-refractivity contribution >= 4 is 16.8 Å². The first-order chi connectivity index (χ1) is 11.6. The van der Waals surface area contributed by atoms with Crippen LogP contribution in [0.1, 0.15) is 54.9 Å². The van der Waals surface area contributed by atoms with E-state index in [1.165, 1.54) is 12.1 Å². The smallest absolute Gasteiger partial charge is 0.336 e. The Morgan fingerprint density at radius 2 is 2.00 bits per heavy atom. The van der Waals surface area contributed by atoms with Crippen LogP contribution in [0.2, 0.25) is 0 Å². The van der Waals surface area contributed by atoms with E-state index in [0.29, 0.717) is 28.7 Å². The van der Waals surface area contributed by atoms with Crippen LogP contribution >= 0.6 is 0 Å². The number of carbonyl (C=O) groups is 1. The van der Waals surface area contributed by atoms with Crippen molar-refractivity contribution in [1.29, 1.82) is 0 Å². The van der Waals surface area contributed by atoms with Crippen LogP contribution in [0.3, 0.4) is 0 Å². The number of hydrogen-bond acceptors (Lipinski definition) is 5. The van der Waals surface area contributed by atoms with Crippen molar-refractivity contribution in [1.82, 2.24) is 0 Å². The highest BCUT2D eigenvalue weighted by molar-refractivity contribution is 6.12. The zero-order valence-electron chi connectivity index (χ0n) is 13.6. The van der Waals surface area contributed by atoms with Crippen LogP contribution in [0.15, 0.2) is 21.3 Å². The van der Waals surface area contributed by atoms with E-state index in [0.717, 1.165) is 32.1 Å². The normalized spacial score (nSPS) is 22.8. The van der Waals surface area contributed by atoms with Crippen LogP contribution in [0.4, 0.5) is 0 Å². The molecule has 1 aromatic carbocycles. The molecule has 1 saturated carbocycles. The molecule has 0 saturated heterocycles. The van der Waals surface area contributed by atoms with Gasteiger partial charge in [-0.3, -0.25) is 4.79 Å². The Morgan fingerprint density at radius 3 is 2.79 bits per heavy atom. The molecule has 1 aromatic heterocycles. The lowest BCUT2D eigenvalue weighted by atomic mass is 9.79.